The quantitative estimate of drug-likeness (QED) is 0.765. The summed E-state index contributed by atoms with van der Waals surface area (Å²) >= 11 is -0.109. The molecule has 0 saturated carbocycles. The van der Waals surface area contributed by atoms with Gasteiger partial charge in [-0.15, -0.1) is 0 Å². The van der Waals surface area contributed by atoms with Crippen LogP contribution in [0.1, 0.15) is 19.8 Å². The minimum absolute atomic E-state index is 0.0542. The average Bonchev–Trinajstić information content (AvgIpc) is 2.24. The molecule has 1 atom stereocenters. The number of hydrogen-bond acceptors (Lipinski definition) is 3. The number of thioether (sulfide) groups is 1. The monoisotopic (exact) mass is 270 g/mol. The maximum Gasteiger partial charge on any atom is 0.441 e. The molecule has 0 aromatic heterocycles. The van der Waals surface area contributed by atoms with E-state index in [-0.39, 0.29) is 30.0 Å². The highest BCUT2D eigenvalue weighted by molar-refractivity contribution is 8.00. The van der Waals surface area contributed by atoms with Gasteiger partial charge in [-0.1, -0.05) is 0 Å². The van der Waals surface area contributed by atoms with E-state index in [9.17, 15) is 18.0 Å². The topological polar surface area (TPSA) is 41.1 Å². The summed E-state index contributed by atoms with van der Waals surface area (Å²) < 4.78 is 35.6. The molecule has 1 rings (SSSR count). The standard InChI is InChI=1S/C10H17F3N2OS/c1-9(3-2-4-14-7-9)8(16)15-5-6-17-10(11,12)13/h14H,2-7H2,1H3,(H,15,16)/t9-/m1/s1. The molecule has 1 heterocycles. The molecular weight excluding hydrogens is 253 g/mol. The number of alkyl halides is 3. The largest absolute Gasteiger partial charge is 0.441 e. The molecule has 0 aromatic rings. The maximum atomic E-state index is 11.9. The van der Waals surface area contributed by atoms with Gasteiger partial charge in [0.2, 0.25) is 5.91 Å². The second-order valence-corrected chi connectivity index (χ2v) is 5.55. The molecule has 0 unspecified atom stereocenters. The summed E-state index contributed by atoms with van der Waals surface area (Å²) in [6, 6.07) is 0. The molecule has 0 spiro atoms. The van der Waals surface area contributed by atoms with E-state index < -0.39 is 10.9 Å². The van der Waals surface area contributed by atoms with Crippen molar-refractivity contribution in [3.05, 3.63) is 0 Å². The van der Waals surface area contributed by atoms with E-state index in [4.69, 9.17) is 0 Å². The molecule has 1 saturated heterocycles. The Kier molecular flexibility index (Phi) is 5.12. The Bertz CT molecular complexity index is 265. The van der Waals surface area contributed by atoms with Crippen molar-refractivity contribution in [3.8, 4) is 0 Å². The lowest BCUT2D eigenvalue weighted by Crippen LogP contribution is -2.49. The van der Waals surface area contributed by atoms with Crippen LogP contribution in [0.4, 0.5) is 13.2 Å². The third-order valence-electron chi connectivity index (χ3n) is 2.80. The fourth-order valence-electron chi connectivity index (χ4n) is 1.79. The van der Waals surface area contributed by atoms with Crippen LogP contribution in [0.3, 0.4) is 0 Å². The van der Waals surface area contributed by atoms with E-state index in [1.807, 2.05) is 6.92 Å². The van der Waals surface area contributed by atoms with Gasteiger partial charge in [0.05, 0.1) is 5.41 Å². The second kappa shape index (κ2) is 5.95. The van der Waals surface area contributed by atoms with E-state index >= 15 is 0 Å². The number of carbonyl (C=O) groups is 1. The van der Waals surface area contributed by atoms with E-state index in [1.165, 1.54) is 0 Å². The predicted molar refractivity (Wildman–Crippen MR) is 61.7 cm³/mol. The van der Waals surface area contributed by atoms with Gasteiger partial charge in [-0.2, -0.15) is 13.2 Å². The van der Waals surface area contributed by atoms with Gasteiger partial charge in [-0.05, 0) is 38.1 Å². The number of carbonyl (C=O) groups excluding carboxylic acids is 1. The number of halogens is 3. The van der Waals surface area contributed by atoms with Gasteiger partial charge >= 0.3 is 5.51 Å². The van der Waals surface area contributed by atoms with Gasteiger partial charge in [0.25, 0.3) is 0 Å². The number of amides is 1. The first-order valence-electron chi connectivity index (χ1n) is 5.53. The highest BCUT2D eigenvalue weighted by atomic mass is 32.2. The Hall–Kier alpha value is -0.430. The lowest BCUT2D eigenvalue weighted by atomic mass is 9.82. The summed E-state index contributed by atoms with van der Waals surface area (Å²) in [5, 5.41) is 5.69. The number of rotatable bonds is 4. The van der Waals surface area contributed by atoms with Crippen molar-refractivity contribution in [3.63, 3.8) is 0 Å². The van der Waals surface area contributed by atoms with Crippen LogP contribution in [0.5, 0.6) is 0 Å². The fraction of sp³-hybridized carbons (Fsp3) is 0.900. The molecule has 17 heavy (non-hydrogen) atoms. The van der Waals surface area contributed by atoms with Crippen molar-refractivity contribution in [1.29, 1.82) is 0 Å². The van der Waals surface area contributed by atoms with Crippen molar-refractivity contribution in [2.24, 2.45) is 5.41 Å². The zero-order chi connectivity index (χ0) is 12.9. The van der Waals surface area contributed by atoms with Gasteiger partial charge in [0, 0.05) is 18.8 Å². The van der Waals surface area contributed by atoms with Crippen molar-refractivity contribution < 1.29 is 18.0 Å². The Morgan fingerprint density at radius 2 is 2.24 bits per heavy atom. The molecule has 1 aliphatic rings. The highest BCUT2D eigenvalue weighted by Gasteiger charge is 2.34. The SMILES string of the molecule is C[C@@]1(C(=O)NCCSC(F)(F)F)CCCNC1. The summed E-state index contributed by atoms with van der Waals surface area (Å²) in [6.45, 7) is 3.38. The van der Waals surface area contributed by atoms with Crippen LogP contribution in [0.15, 0.2) is 0 Å². The Labute approximate surface area is 103 Å². The van der Waals surface area contributed by atoms with Gasteiger partial charge in [-0.25, -0.2) is 0 Å². The molecule has 2 N–H and O–H groups in total. The third kappa shape index (κ3) is 5.16. The summed E-state index contributed by atoms with van der Waals surface area (Å²) in [5.74, 6) is -0.300. The number of nitrogens with one attached hydrogen (secondary N) is 2. The van der Waals surface area contributed by atoms with Gasteiger partial charge < -0.3 is 10.6 Å². The van der Waals surface area contributed by atoms with Gasteiger partial charge in [-0.3, -0.25) is 4.79 Å². The first-order chi connectivity index (χ1) is 7.83. The second-order valence-electron chi connectivity index (χ2n) is 4.39. The first-order valence-corrected chi connectivity index (χ1v) is 6.52. The van der Waals surface area contributed by atoms with Crippen LogP contribution in [0.25, 0.3) is 0 Å². The Morgan fingerprint density at radius 1 is 1.53 bits per heavy atom. The van der Waals surface area contributed by atoms with E-state index in [2.05, 4.69) is 10.6 Å². The highest BCUT2D eigenvalue weighted by Crippen LogP contribution is 2.29. The van der Waals surface area contributed by atoms with Gasteiger partial charge in [0.1, 0.15) is 0 Å². The molecule has 0 bridgehead atoms. The Balaban J connectivity index is 2.24. The van der Waals surface area contributed by atoms with E-state index in [0.29, 0.717) is 6.54 Å². The summed E-state index contributed by atoms with van der Waals surface area (Å²) in [5.41, 5.74) is -4.71. The fourth-order valence-corrected chi connectivity index (χ4v) is 2.23. The van der Waals surface area contributed by atoms with E-state index in [0.717, 1.165) is 19.4 Å². The molecular formula is C10H17F3N2OS. The molecule has 100 valence electrons. The lowest BCUT2D eigenvalue weighted by molar-refractivity contribution is -0.130. The molecule has 1 fully saturated rings. The zero-order valence-corrected chi connectivity index (χ0v) is 10.5. The van der Waals surface area contributed by atoms with Crippen molar-refractivity contribution in [2.45, 2.75) is 25.3 Å². The lowest BCUT2D eigenvalue weighted by Gasteiger charge is -2.32. The van der Waals surface area contributed by atoms with Crippen molar-refractivity contribution >= 4 is 17.7 Å². The molecule has 0 aromatic carbocycles. The van der Waals surface area contributed by atoms with Crippen LogP contribution >= 0.6 is 11.8 Å². The molecule has 1 amide bonds. The average molecular weight is 270 g/mol. The number of hydrogen-bond donors (Lipinski definition) is 2. The summed E-state index contributed by atoms with van der Waals surface area (Å²) in [4.78, 5) is 11.8. The molecule has 3 nitrogen and oxygen atoms in total. The molecule has 0 radical (unpaired) electrons. The van der Waals surface area contributed by atoms with Crippen LogP contribution < -0.4 is 10.6 Å². The summed E-state index contributed by atoms with van der Waals surface area (Å²) in [7, 11) is 0. The van der Waals surface area contributed by atoms with Crippen LogP contribution in [0, 0.1) is 5.41 Å². The minimum Gasteiger partial charge on any atom is -0.355 e. The first kappa shape index (κ1) is 14.6. The van der Waals surface area contributed by atoms with Crippen molar-refractivity contribution in [1.82, 2.24) is 10.6 Å². The van der Waals surface area contributed by atoms with Crippen molar-refractivity contribution in [2.75, 3.05) is 25.4 Å². The Morgan fingerprint density at radius 3 is 2.76 bits per heavy atom. The number of piperidine rings is 1. The third-order valence-corrected chi connectivity index (χ3v) is 3.53. The minimum atomic E-state index is -4.22. The van der Waals surface area contributed by atoms with Crippen LogP contribution in [-0.4, -0.2) is 36.8 Å². The predicted octanol–water partition coefficient (Wildman–Crippen LogP) is 1.75. The van der Waals surface area contributed by atoms with E-state index in [1.54, 1.807) is 0 Å². The smallest absolute Gasteiger partial charge is 0.355 e. The van der Waals surface area contributed by atoms with Gasteiger partial charge in [0.15, 0.2) is 0 Å². The molecule has 1 aliphatic heterocycles. The summed E-state index contributed by atoms with van der Waals surface area (Å²) in [6.07, 6.45) is 1.69. The molecule has 7 heteroatoms. The van der Waals surface area contributed by atoms with Crippen LogP contribution in [0.2, 0.25) is 0 Å². The van der Waals surface area contributed by atoms with Crippen LogP contribution in [-0.2, 0) is 4.79 Å². The zero-order valence-electron chi connectivity index (χ0n) is 9.69. The maximum absolute atomic E-state index is 11.9. The molecule has 0 aliphatic carbocycles. The normalized spacial score (nSPS) is 25.6.